The summed E-state index contributed by atoms with van der Waals surface area (Å²) in [5.41, 5.74) is 2.27. The molecule has 1 saturated heterocycles. The second kappa shape index (κ2) is 5.67. The summed E-state index contributed by atoms with van der Waals surface area (Å²) in [4.78, 5) is 0. The van der Waals surface area contributed by atoms with Crippen LogP contribution in [0, 0.1) is 34.5 Å². The summed E-state index contributed by atoms with van der Waals surface area (Å²) in [5, 5.41) is 12.1. The van der Waals surface area contributed by atoms with Gasteiger partial charge in [-0.3, -0.25) is 0 Å². The summed E-state index contributed by atoms with van der Waals surface area (Å²) in [7, 11) is 0. The predicted molar refractivity (Wildman–Crippen MR) is 99.7 cm³/mol. The van der Waals surface area contributed by atoms with Crippen LogP contribution in [0.2, 0.25) is 0 Å². The summed E-state index contributed by atoms with van der Waals surface area (Å²) in [6.45, 7) is 7.61. The Balaban J connectivity index is 1.46. The molecule has 0 radical (unpaired) electrons. The third kappa shape index (κ3) is 2.22. The molecule has 1 aromatic heterocycles. The van der Waals surface area contributed by atoms with Crippen LogP contribution in [0.15, 0.2) is 18.5 Å². The van der Waals surface area contributed by atoms with Gasteiger partial charge in [-0.25, -0.2) is 4.68 Å². The summed E-state index contributed by atoms with van der Waals surface area (Å²) < 4.78 is 2.04. The van der Waals surface area contributed by atoms with Crippen LogP contribution in [0.1, 0.15) is 58.8 Å². The Kier molecular flexibility index (Phi) is 3.64. The van der Waals surface area contributed by atoms with Gasteiger partial charge in [0.1, 0.15) is 0 Å². The third-order valence-electron chi connectivity index (χ3n) is 8.78. The van der Waals surface area contributed by atoms with Crippen molar-refractivity contribution in [1.82, 2.24) is 20.3 Å². The number of aromatic nitrogens is 3. The Bertz CT molecular complexity index is 665. The predicted octanol–water partition coefficient (Wildman–Crippen LogP) is 3.97. The Hall–Kier alpha value is -1.16. The maximum absolute atomic E-state index is 4.32. The zero-order chi connectivity index (χ0) is 17.1. The second-order valence-electron chi connectivity index (χ2n) is 9.57. The van der Waals surface area contributed by atoms with E-state index in [1.165, 1.54) is 63.7 Å². The van der Waals surface area contributed by atoms with Crippen LogP contribution in [0.4, 0.5) is 0 Å². The van der Waals surface area contributed by atoms with Crippen LogP contribution in [0.25, 0.3) is 5.70 Å². The summed E-state index contributed by atoms with van der Waals surface area (Å²) in [6.07, 6.45) is 16.0. The molecule has 25 heavy (non-hydrogen) atoms. The van der Waals surface area contributed by atoms with Crippen LogP contribution in [-0.4, -0.2) is 28.1 Å². The van der Waals surface area contributed by atoms with E-state index in [-0.39, 0.29) is 0 Å². The lowest BCUT2D eigenvalue weighted by Crippen LogP contribution is -2.51. The minimum Gasteiger partial charge on any atom is -0.317 e. The fourth-order valence-electron chi connectivity index (χ4n) is 7.39. The molecule has 0 spiro atoms. The van der Waals surface area contributed by atoms with Crippen LogP contribution < -0.4 is 5.32 Å². The fourth-order valence-corrected chi connectivity index (χ4v) is 7.39. The summed E-state index contributed by atoms with van der Waals surface area (Å²) in [6, 6.07) is 0. The van der Waals surface area contributed by atoms with Gasteiger partial charge in [0, 0.05) is 11.1 Å². The SMILES string of the molecule is C[C@]12CCNCCC1CCC1C2CC[C@]2(C)C(n3ccnn3)=CCC12. The zero-order valence-electron chi connectivity index (χ0n) is 15.7. The summed E-state index contributed by atoms with van der Waals surface area (Å²) in [5.74, 6) is 3.57. The fraction of sp³-hybridized carbons (Fsp3) is 0.810. The van der Waals surface area contributed by atoms with E-state index in [0.717, 1.165) is 23.7 Å². The van der Waals surface area contributed by atoms with E-state index < -0.39 is 0 Å². The normalized spacial score (nSPS) is 46.6. The molecule has 1 aliphatic heterocycles. The molecule has 2 heterocycles. The molecule has 2 saturated carbocycles. The Labute approximate surface area is 151 Å². The maximum Gasteiger partial charge on any atom is 0.0697 e. The second-order valence-corrected chi connectivity index (χ2v) is 9.57. The topological polar surface area (TPSA) is 42.7 Å². The highest BCUT2D eigenvalue weighted by atomic mass is 15.4. The summed E-state index contributed by atoms with van der Waals surface area (Å²) >= 11 is 0. The van der Waals surface area contributed by atoms with E-state index in [9.17, 15) is 0 Å². The average Bonchev–Trinajstić information content (AvgIpc) is 3.18. The highest BCUT2D eigenvalue weighted by molar-refractivity contribution is 5.55. The molecule has 4 heteroatoms. The molecule has 3 fully saturated rings. The molecular weight excluding hydrogens is 308 g/mol. The quantitative estimate of drug-likeness (QED) is 0.841. The van der Waals surface area contributed by atoms with Crippen LogP contribution in [-0.2, 0) is 0 Å². The van der Waals surface area contributed by atoms with Crippen molar-refractivity contribution in [2.75, 3.05) is 13.1 Å². The van der Waals surface area contributed by atoms with Crippen LogP contribution in [0.3, 0.4) is 0 Å². The smallest absolute Gasteiger partial charge is 0.0697 e. The molecule has 1 N–H and O–H groups in total. The molecule has 0 amide bonds. The van der Waals surface area contributed by atoms with Gasteiger partial charge in [0.2, 0.25) is 0 Å². The molecule has 0 aromatic carbocycles. The molecule has 4 aliphatic rings. The van der Waals surface area contributed by atoms with Crippen molar-refractivity contribution in [3.8, 4) is 0 Å². The van der Waals surface area contributed by atoms with Gasteiger partial charge in [0.25, 0.3) is 0 Å². The van der Waals surface area contributed by atoms with E-state index in [2.05, 4.69) is 35.6 Å². The van der Waals surface area contributed by atoms with Gasteiger partial charge in [-0.2, -0.15) is 0 Å². The van der Waals surface area contributed by atoms with Crippen LogP contribution in [0.5, 0.6) is 0 Å². The van der Waals surface area contributed by atoms with Gasteiger partial charge in [-0.15, -0.1) is 5.10 Å². The highest BCUT2D eigenvalue weighted by Crippen LogP contribution is 2.65. The monoisotopic (exact) mass is 340 g/mol. The zero-order valence-corrected chi connectivity index (χ0v) is 15.7. The van der Waals surface area contributed by atoms with Crippen molar-refractivity contribution >= 4 is 5.70 Å². The number of nitrogens with one attached hydrogen (secondary N) is 1. The van der Waals surface area contributed by atoms with E-state index in [0.29, 0.717) is 10.8 Å². The lowest BCUT2D eigenvalue weighted by Gasteiger charge is -2.58. The van der Waals surface area contributed by atoms with Crippen molar-refractivity contribution < 1.29 is 0 Å². The first-order valence-corrected chi connectivity index (χ1v) is 10.4. The largest absolute Gasteiger partial charge is 0.317 e. The molecule has 5 rings (SSSR count). The number of hydrogen-bond donors (Lipinski definition) is 1. The van der Waals surface area contributed by atoms with E-state index in [1.54, 1.807) is 0 Å². The van der Waals surface area contributed by atoms with Gasteiger partial charge >= 0.3 is 0 Å². The van der Waals surface area contributed by atoms with E-state index in [1.807, 2.05) is 17.1 Å². The maximum atomic E-state index is 4.32. The Morgan fingerprint density at radius 2 is 2.00 bits per heavy atom. The van der Waals surface area contributed by atoms with Gasteiger partial charge in [-0.05, 0) is 87.1 Å². The van der Waals surface area contributed by atoms with Crippen molar-refractivity contribution in [2.45, 2.75) is 58.8 Å². The van der Waals surface area contributed by atoms with Gasteiger partial charge in [-0.1, -0.05) is 25.1 Å². The standard InChI is InChI=1S/C21H32N4/c1-20-10-12-22-11-8-15(20)3-4-16-17-5-6-19(25-14-13-23-24-25)21(17,2)9-7-18(16)20/h6,13-18,22H,3-5,7-12H2,1-2H3/t15?,16?,17?,18?,20-,21-/m0/s1. The molecule has 3 aliphatic carbocycles. The number of nitrogens with zero attached hydrogens (tertiary/aromatic N) is 3. The Morgan fingerprint density at radius 3 is 2.84 bits per heavy atom. The molecule has 1 aromatic rings. The first-order valence-electron chi connectivity index (χ1n) is 10.4. The molecular formula is C21H32N4. The van der Waals surface area contributed by atoms with Gasteiger partial charge in [0.15, 0.2) is 0 Å². The highest BCUT2D eigenvalue weighted by Gasteiger charge is 2.58. The third-order valence-corrected chi connectivity index (χ3v) is 8.78. The number of rotatable bonds is 1. The molecule has 4 nitrogen and oxygen atoms in total. The first-order chi connectivity index (χ1) is 12.1. The van der Waals surface area contributed by atoms with Crippen molar-refractivity contribution in [2.24, 2.45) is 34.5 Å². The van der Waals surface area contributed by atoms with Crippen molar-refractivity contribution in [3.63, 3.8) is 0 Å². The molecule has 6 atom stereocenters. The van der Waals surface area contributed by atoms with Crippen molar-refractivity contribution in [3.05, 3.63) is 18.5 Å². The molecule has 136 valence electrons. The van der Waals surface area contributed by atoms with Crippen LogP contribution >= 0.6 is 0 Å². The average molecular weight is 341 g/mol. The Morgan fingerprint density at radius 1 is 1.08 bits per heavy atom. The number of fused-ring (bicyclic) bond motifs is 5. The lowest BCUT2D eigenvalue weighted by atomic mass is 9.46. The van der Waals surface area contributed by atoms with Gasteiger partial charge < -0.3 is 5.32 Å². The number of allylic oxidation sites excluding steroid dienone is 2. The van der Waals surface area contributed by atoms with Crippen molar-refractivity contribution in [1.29, 1.82) is 0 Å². The van der Waals surface area contributed by atoms with E-state index >= 15 is 0 Å². The minimum atomic E-state index is 0.293. The molecule has 4 unspecified atom stereocenters. The molecule has 0 bridgehead atoms. The lowest BCUT2D eigenvalue weighted by molar-refractivity contribution is -0.0799. The first kappa shape index (κ1) is 16.0. The van der Waals surface area contributed by atoms with E-state index in [4.69, 9.17) is 0 Å². The number of hydrogen-bond acceptors (Lipinski definition) is 3. The minimum absolute atomic E-state index is 0.293. The van der Waals surface area contributed by atoms with Gasteiger partial charge in [0.05, 0.1) is 12.4 Å².